The Balaban J connectivity index is 1.91. The lowest BCUT2D eigenvalue weighted by Crippen LogP contribution is -2.48. The van der Waals surface area contributed by atoms with Crippen molar-refractivity contribution in [3.63, 3.8) is 0 Å². The van der Waals surface area contributed by atoms with Crippen LogP contribution in [0.2, 0.25) is 5.02 Å². The molecule has 1 aromatic heterocycles. The number of halogens is 1. The first-order valence-corrected chi connectivity index (χ1v) is 10.1. The lowest BCUT2D eigenvalue weighted by molar-refractivity contribution is -0.142. The van der Waals surface area contributed by atoms with E-state index in [9.17, 15) is 4.79 Å². The summed E-state index contributed by atoms with van der Waals surface area (Å²) in [5.74, 6) is 0.641. The number of fused-ring (bicyclic) bond motifs is 1. The Hall–Kier alpha value is -2.53. The van der Waals surface area contributed by atoms with Crippen LogP contribution in [0.4, 0.5) is 5.82 Å². The van der Waals surface area contributed by atoms with Crippen LogP contribution in [0.25, 0.3) is 17.8 Å². The van der Waals surface area contributed by atoms with Gasteiger partial charge >= 0.3 is 5.97 Å². The molecule has 1 aliphatic heterocycles. The van der Waals surface area contributed by atoms with Crippen LogP contribution in [0.5, 0.6) is 0 Å². The number of nitrogens with zero attached hydrogens (tertiary/aromatic N) is 3. The topological polar surface area (TPSA) is 47.4 Å². The molecule has 2 aromatic rings. The molecule has 1 unspecified atom stereocenters. The lowest BCUT2D eigenvalue weighted by atomic mass is 10.0. The predicted octanol–water partition coefficient (Wildman–Crippen LogP) is 2.97. The normalized spacial score (nSPS) is 19.1. The highest BCUT2D eigenvalue weighted by atomic mass is 35.5. The maximum Gasteiger partial charge on any atom is 0.328 e. The van der Waals surface area contributed by atoms with Crippen molar-refractivity contribution in [1.82, 2.24) is 9.78 Å². The van der Waals surface area contributed by atoms with Crippen molar-refractivity contribution in [2.75, 3.05) is 18.6 Å². The fourth-order valence-electron chi connectivity index (χ4n) is 3.92. The maximum atomic E-state index is 12.4. The smallest absolute Gasteiger partial charge is 0.328 e. The predicted molar refractivity (Wildman–Crippen MR) is 112 cm³/mol. The summed E-state index contributed by atoms with van der Waals surface area (Å²) in [4.78, 5) is 14.5. The highest BCUT2D eigenvalue weighted by molar-refractivity contribution is 6.30. The van der Waals surface area contributed by atoms with Gasteiger partial charge in [0.05, 0.1) is 18.1 Å². The first-order chi connectivity index (χ1) is 13.7. The molecule has 1 fully saturated rings. The number of rotatable bonds is 3. The fraction of sp³-hybridized carbons (Fsp3) is 0.364. The van der Waals surface area contributed by atoms with Gasteiger partial charge in [-0.25, -0.2) is 9.48 Å². The van der Waals surface area contributed by atoms with Gasteiger partial charge in [0.1, 0.15) is 6.04 Å². The molecule has 146 valence electrons. The zero-order chi connectivity index (χ0) is 19.5. The third kappa shape index (κ3) is 3.59. The minimum Gasteiger partial charge on any atom is -0.467 e. The van der Waals surface area contributed by atoms with E-state index in [0.29, 0.717) is 5.02 Å². The van der Waals surface area contributed by atoms with E-state index in [1.807, 2.05) is 28.9 Å². The molecule has 5 nitrogen and oxygen atoms in total. The average molecular weight is 398 g/mol. The van der Waals surface area contributed by atoms with Gasteiger partial charge in [-0.1, -0.05) is 29.8 Å². The molecule has 1 aromatic carbocycles. The average Bonchev–Trinajstić information content (AvgIpc) is 3.05. The van der Waals surface area contributed by atoms with Crippen LogP contribution in [0, 0.1) is 0 Å². The molecular weight excluding hydrogens is 374 g/mol. The van der Waals surface area contributed by atoms with Crippen LogP contribution in [-0.2, 0) is 9.53 Å². The zero-order valence-electron chi connectivity index (χ0n) is 16.0. The van der Waals surface area contributed by atoms with Crippen LogP contribution in [-0.4, -0.2) is 35.4 Å². The Labute approximate surface area is 169 Å². The van der Waals surface area contributed by atoms with Crippen molar-refractivity contribution < 1.29 is 9.53 Å². The molecule has 2 aliphatic rings. The molecule has 0 spiro atoms. The molecule has 1 aliphatic carbocycles. The monoisotopic (exact) mass is 397 g/mol. The highest BCUT2D eigenvalue weighted by Crippen LogP contribution is 2.22. The SMILES string of the molecule is COC(=O)C1CCCCN1c1nn(-c2ccc(Cl)cc2)c2c1=CC=CCCC=2. The number of piperidine rings is 1. The van der Waals surface area contributed by atoms with Gasteiger partial charge in [-0.2, -0.15) is 0 Å². The number of aromatic nitrogens is 2. The number of ether oxygens (including phenoxy) is 1. The molecule has 28 heavy (non-hydrogen) atoms. The molecule has 0 saturated carbocycles. The summed E-state index contributed by atoms with van der Waals surface area (Å²) >= 11 is 6.07. The molecule has 1 atom stereocenters. The van der Waals surface area contributed by atoms with E-state index >= 15 is 0 Å². The van der Waals surface area contributed by atoms with Gasteiger partial charge in [0.2, 0.25) is 0 Å². The summed E-state index contributed by atoms with van der Waals surface area (Å²) in [6.45, 7) is 0.793. The van der Waals surface area contributed by atoms with Gasteiger partial charge in [-0.3, -0.25) is 0 Å². The Morgan fingerprint density at radius 1 is 1.21 bits per heavy atom. The van der Waals surface area contributed by atoms with E-state index in [1.165, 1.54) is 7.11 Å². The number of benzene rings is 1. The molecule has 1 saturated heterocycles. The van der Waals surface area contributed by atoms with E-state index < -0.39 is 0 Å². The van der Waals surface area contributed by atoms with Gasteiger partial charge in [-0.05, 0) is 62.4 Å². The molecule has 0 N–H and O–H groups in total. The van der Waals surface area contributed by atoms with Crippen LogP contribution in [0.15, 0.2) is 36.4 Å². The Morgan fingerprint density at radius 3 is 2.82 bits per heavy atom. The second-order valence-electron chi connectivity index (χ2n) is 7.12. The van der Waals surface area contributed by atoms with Crippen LogP contribution in [0.1, 0.15) is 32.1 Å². The van der Waals surface area contributed by atoms with Crippen molar-refractivity contribution in [3.05, 3.63) is 52.0 Å². The van der Waals surface area contributed by atoms with E-state index in [1.54, 1.807) is 0 Å². The van der Waals surface area contributed by atoms with Gasteiger partial charge < -0.3 is 9.64 Å². The lowest BCUT2D eigenvalue weighted by Gasteiger charge is -2.33. The van der Waals surface area contributed by atoms with E-state index in [4.69, 9.17) is 21.4 Å². The number of hydrogen-bond donors (Lipinski definition) is 0. The van der Waals surface area contributed by atoms with E-state index in [2.05, 4.69) is 29.2 Å². The van der Waals surface area contributed by atoms with Gasteiger partial charge in [0.25, 0.3) is 0 Å². The first kappa shape index (κ1) is 18.8. The maximum absolute atomic E-state index is 12.4. The van der Waals surface area contributed by atoms with Gasteiger partial charge in [-0.15, -0.1) is 5.10 Å². The first-order valence-electron chi connectivity index (χ1n) is 9.75. The standard InChI is InChI=1S/C22H24ClN3O2/c1-28-22(27)20-10-6-7-15-25(20)21-18-8-4-2-3-5-9-19(18)26(24-21)17-13-11-16(23)12-14-17/h2,4,8-9,11-14,20H,3,5-7,10,15H2,1H3. The molecular formula is C22H24ClN3O2. The number of esters is 1. The summed E-state index contributed by atoms with van der Waals surface area (Å²) in [6.07, 6.45) is 13.3. The van der Waals surface area contributed by atoms with Crippen LogP contribution in [0.3, 0.4) is 0 Å². The molecule has 2 heterocycles. The zero-order valence-corrected chi connectivity index (χ0v) is 16.7. The van der Waals surface area contributed by atoms with Crippen molar-refractivity contribution in [2.24, 2.45) is 0 Å². The highest BCUT2D eigenvalue weighted by Gasteiger charge is 2.32. The summed E-state index contributed by atoms with van der Waals surface area (Å²) in [6, 6.07) is 7.38. The molecule has 4 rings (SSSR count). The third-order valence-corrected chi connectivity index (χ3v) is 5.58. The Morgan fingerprint density at radius 2 is 2.04 bits per heavy atom. The van der Waals surface area contributed by atoms with E-state index in [-0.39, 0.29) is 12.0 Å². The molecule has 6 heteroatoms. The quantitative estimate of drug-likeness (QED) is 0.747. The number of anilines is 1. The summed E-state index contributed by atoms with van der Waals surface area (Å²) < 4.78 is 7.03. The number of carbonyl (C=O) groups is 1. The second-order valence-corrected chi connectivity index (χ2v) is 7.55. The number of allylic oxidation sites excluding steroid dienone is 2. The third-order valence-electron chi connectivity index (χ3n) is 5.33. The van der Waals surface area contributed by atoms with E-state index in [0.717, 1.165) is 60.7 Å². The van der Waals surface area contributed by atoms with Gasteiger partial charge in [0.15, 0.2) is 5.82 Å². The second kappa shape index (κ2) is 8.23. The Bertz CT molecular complexity index is 1010. The van der Waals surface area contributed by atoms with Crippen molar-refractivity contribution in [2.45, 2.75) is 38.1 Å². The summed E-state index contributed by atoms with van der Waals surface area (Å²) in [7, 11) is 1.45. The van der Waals surface area contributed by atoms with Crippen molar-refractivity contribution in [1.29, 1.82) is 0 Å². The largest absolute Gasteiger partial charge is 0.467 e. The molecule has 0 radical (unpaired) electrons. The molecule has 0 amide bonds. The minimum atomic E-state index is -0.292. The molecule has 0 bridgehead atoms. The van der Waals surface area contributed by atoms with Crippen molar-refractivity contribution in [3.8, 4) is 5.69 Å². The Kier molecular flexibility index (Phi) is 5.53. The number of carbonyl (C=O) groups excluding carboxylic acids is 1. The summed E-state index contributed by atoms with van der Waals surface area (Å²) in [5.41, 5.74) is 0.952. The number of methoxy groups -OCH3 is 1. The minimum absolute atomic E-state index is 0.195. The fourth-order valence-corrected chi connectivity index (χ4v) is 4.05. The van der Waals surface area contributed by atoms with Crippen molar-refractivity contribution >= 4 is 35.5 Å². The number of hydrogen-bond acceptors (Lipinski definition) is 4. The summed E-state index contributed by atoms with van der Waals surface area (Å²) in [5, 5.41) is 7.75. The van der Waals surface area contributed by atoms with Crippen LogP contribution < -0.4 is 15.5 Å². The van der Waals surface area contributed by atoms with Crippen LogP contribution >= 0.6 is 11.6 Å². The van der Waals surface area contributed by atoms with Gasteiger partial charge in [0, 0.05) is 16.8 Å².